The Morgan fingerprint density at radius 3 is 2.67 bits per heavy atom. The highest BCUT2D eigenvalue weighted by Crippen LogP contribution is 2.27. The van der Waals surface area contributed by atoms with Crippen molar-refractivity contribution >= 4 is 40.2 Å². The van der Waals surface area contributed by atoms with Gasteiger partial charge in [-0.2, -0.15) is 0 Å². The monoisotopic (exact) mass is 526 g/mol. The van der Waals surface area contributed by atoms with E-state index >= 15 is 0 Å². The molecule has 0 spiro atoms. The molecule has 1 amide bonds. The first-order valence-corrected chi connectivity index (χ1v) is 13.8. The Labute approximate surface area is 220 Å². The molecule has 2 fully saturated rings. The summed E-state index contributed by atoms with van der Waals surface area (Å²) in [4.78, 5) is 35.8. The third-order valence-electron chi connectivity index (χ3n) is 6.86. The van der Waals surface area contributed by atoms with Crippen LogP contribution in [-0.4, -0.2) is 69.4 Å². The van der Waals surface area contributed by atoms with Crippen LogP contribution in [0, 0.1) is 0 Å². The van der Waals surface area contributed by atoms with E-state index in [-0.39, 0.29) is 22.8 Å². The van der Waals surface area contributed by atoms with Crippen LogP contribution in [0.4, 0.5) is 0 Å². The van der Waals surface area contributed by atoms with Crippen LogP contribution in [0.25, 0.3) is 10.9 Å². The second kappa shape index (κ2) is 11.3. The van der Waals surface area contributed by atoms with E-state index < -0.39 is 0 Å². The first-order chi connectivity index (χ1) is 17.5. The standard InChI is InChI=1S/C27H31ClN4O3S/c1-19(25(33)31-13-11-30(12-14-31)17-20-6-3-2-4-7-20)36-27-29-24-16-21(28)9-10-23(24)26(34)32(27)18-22-8-5-15-35-22/h2-4,6-7,9-10,16,19,22H,5,8,11-15,17-18H2,1H3/t19-,22+/m1/s1. The van der Waals surface area contributed by atoms with Crippen molar-refractivity contribution in [1.82, 2.24) is 19.4 Å². The van der Waals surface area contributed by atoms with Crippen molar-refractivity contribution in [2.24, 2.45) is 0 Å². The van der Waals surface area contributed by atoms with Crippen LogP contribution in [-0.2, 0) is 22.6 Å². The number of rotatable bonds is 7. The van der Waals surface area contributed by atoms with Gasteiger partial charge in [-0.05, 0) is 43.5 Å². The van der Waals surface area contributed by atoms with E-state index in [4.69, 9.17) is 21.3 Å². The maximum Gasteiger partial charge on any atom is 0.262 e. The predicted octanol–water partition coefficient (Wildman–Crippen LogP) is 4.05. The summed E-state index contributed by atoms with van der Waals surface area (Å²) in [5, 5.41) is 1.22. The highest BCUT2D eigenvalue weighted by atomic mass is 35.5. The van der Waals surface area contributed by atoms with Crippen LogP contribution < -0.4 is 5.56 Å². The molecule has 0 bridgehead atoms. The molecule has 2 aromatic carbocycles. The van der Waals surface area contributed by atoms with Crippen LogP contribution in [0.3, 0.4) is 0 Å². The molecular formula is C27H31ClN4O3S. The van der Waals surface area contributed by atoms with Gasteiger partial charge in [0.15, 0.2) is 5.16 Å². The maximum absolute atomic E-state index is 13.4. The number of hydrogen-bond acceptors (Lipinski definition) is 6. The van der Waals surface area contributed by atoms with Gasteiger partial charge in [-0.3, -0.25) is 19.1 Å². The van der Waals surface area contributed by atoms with Crippen molar-refractivity contribution in [2.45, 2.75) is 49.4 Å². The third kappa shape index (κ3) is 5.78. The van der Waals surface area contributed by atoms with Crippen LogP contribution in [0.1, 0.15) is 25.3 Å². The SMILES string of the molecule is C[C@@H](Sc1nc2cc(Cl)ccc2c(=O)n1C[C@@H]1CCCO1)C(=O)N1CCN(Cc2ccccc2)CC1. The molecule has 2 aliphatic heterocycles. The van der Waals surface area contributed by atoms with Crippen molar-refractivity contribution in [3.8, 4) is 0 Å². The number of piperazine rings is 1. The molecule has 36 heavy (non-hydrogen) atoms. The van der Waals surface area contributed by atoms with Gasteiger partial charge >= 0.3 is 0 Å². The molecule has 0 radical (unpaired) electrons. The zero-order valence-electron chi connectivity index (χ0n) is 20.4. The normalized spacial score (nSPS) is 19.6. The number of aromatic nitrogens is 2. The average molecular weight is 527 g/mol. The third-order valence-corrected chi connectivity index (χ3v) is 8.17. The Morgan fingerprint density at radius 1 is 1.17 bits per heavy atom. The quantitative estimate of drug-likeness (QED) is 0.342. The molecule has 3 aromatic rings. The lowest BCUT2D eigenvalue weighted by molar-refractivity contribution is -0.132. The van der Waals surface area contributed by atoms with Crippen molar-refractivity contribution < 1.29 is 9.53 Å². The number of hydrogen-bond donors (Lipinski definition) is 0. The van der Waals surface area contributed by atoms with Gasteiger partial charge in [0.05, 0.1) is 28.8 Å². The lowest BCUT2D eigenvalue weighted by Crippen LogP contribution is -2.50. The number of benzene rings is 2. The van der Waals surface area contributed by atoms with Crippen molar-refractivity contribution in [1.29, 1.82) is 0 Å². The Balaban J connectivity index is 1.29. The minimum atomic E-state index is -0.370. The topological polar surface area (TPSA) is 67.7 Å². The molecule has 190 valence electrons. The van der Waals surface area contributed by atoms with E-state index in [0.717, 1.165) is 32.5 Å². The summed E-state index contributed by atoms with van der Waals surface area (Å²) in [6, 6.07) is 15.5. The molecule has 1 aromatic heterocycles. The summed E-state index contributed by atoms with van der Waals surface area (Å²) >= 11 is 7.52. The Morgan fingerprint density at radius 2 is 1.94 bits per heavy atom. The highest BCUT2D eigenvalue weighted by molar-refractivity contribution is 8.00. The number of halogens is 1. The summed E-state index contributed by atoms with van der Waals surface area (Å²) in [6.45, 7) is 7.01. The zero-order valence-corrected chi connectivity index (χ0v) is 22.0. The Hall–Kier alpha value is -2.39. The van der Waals surface area contributed by atoms with E-state index in [2.05, 4.69) is 29.2 Å². The molecule has 0 aliphatic carbocycles. The van der Waals surface area contributed by atoms with Gasteiger partial charge < -0.3 is 9.64 Å². The summed E-state index contributed by atoms with van der Waals surface area (Å²) in [5.74, 6) is 0.0727. The van der Waals surface area contributed by atoms with Gasteiger partial charge in [-0.25, -0.2) is 4.98 Å². The van der Waals surface area contributed by atoms with Crippen molar-refractivity contribution in [2.75, 3.05) is 32.8 Å². The van der Waals surface area contributed by atoms with Gasteiger partial charge in [-0.1, -0.05) is 53.7 Å². The second-order valence-corrected chi connectivity index (χ2v) is 11.2. The van der Waals surface area contributed by atoms with E-state index in [9.17, 15) is 9.59 Å². The first-order valence-electron chi connectivity index (χ1n) is 12.5. The molecule has 2 atom stereocenters. The first kappa shape index (κ1) is 25.3. The summed E-state index contributed by atoms with van der Waals surface area (Å²) in [7, 11) is 0. The lowest BCUT2D eigenvalue weighted by atomic mass is 10.2. The molecule has 0 unspecified atom stereocenters. The molecule has 2 aliphatic rings. The van der Waals surface area contributed by atoms with Crippen molar-refractivity contribution in [3.05, 3.63) is 69.5 Å². The van der Waals surface area contributed by atoms with Gasteiger partial charge in [0.2, 0.25) is 5.91 Å². The molecule has 7 nitrogen and oxygen atoms in total. The maximum atomic E-state index is 13.4. The minimum Gasteiger partial charge on any atom is -0.376 e. The lowest BCUT2D eigenvalue weighted by Gasteiger charge is -2.36. The molecule has 2 saturated heterocycles. The fraction of sp³-hybridized carbons (Fsp3) is 0.444. The van der Waals surface area contributed by atoms with Crippen molar-refractivity contribution in [3.63, 3.8) is 0 Å². The zero-order chi connectivity index (χ0) is 25.1. The molecule has 0 N–H and O–H groups in total. The number of amides is 1. The molecule has 3 heterocycles. The number of ether oxygens (including phenoxy) is 1. The number of nitrogens with zero attached hydrogens (tertiary/aromatic N) is 4. The fourth-order valence-electron chi connectivity index (χ4n) is 4.85. The minimum absolute atomic E-state index is 0.0164. The average Bonchev–Trinajstić information content (AvgIpc) is 3.40. The molecular weight excluding hydrogens is 496 g/mol. The van der Waals surface area contributed by atoms with Gasteiger partial charge in [0, 0.05) is 44.4 Å². The van der Waals surface area contributed by atoms with Gasteiger partial charge in [0.1, 0.15) is 0 Å². The largest absolute Gasteiger partial charge is 0.376 e. The molecule has 9 heteroatoms. The van der Waals surface area contributed by atoms with E-state index in [0.29, 0.717) is 47.3 Å². The molecule has 0 saturated carbocycles. The number of carbonyl (C=O) groups is 1. The second-order valence-electron chi connectivity index (χ2n) is 9.45. The van der Waals surface area contributed by atoms with E-state index in [1.54, 1.807) is 22.8 Å². The van der Waals surface area contributed by atoms with Crippen LogP contribution >= 0.6 is 23.4 Å². The van der Waals surface area contributed by atoms with Crippen LogP contribution in [0.15, 0.2) is 58.5 Å². The molecule has 5 rings (SSSR count). The number of carbonyl (C=O) groups excluding carboxylic acids is 1. The Kier molecular flexibility index (Phi) is 7.96. The predicted molar refractivity (Wildman–Crippen MR) is 144 cm³/mol. The number of thioether (sulfide) groups is 1. The van der Waals surface area contributed by atoms with Crippen LogP contribution in [0.2, 0.25) is 5.02 Å². The van der Waals surface area contributed by atoms with Gasteiger partial charge in [0.25, 0.3) is 5.56 Å². The van der Waals surface area contributed by atoms with Gasteiger partial charge in [-0.15, -0.1) is 0 Å². The summed E-state index contributed by atoms with van der Waals surface area (Å²) < 4.78 is 7.48. The highest BCUT2D eigenvalue weighted by Gasteiger charge is 2.28. The summed E-state index contributed by atoms with van der Waals surface area (Å²) in [6.07, 6.45) is 1.89. The van der Waals surface area contributed by atoms with Crippen LogP contribution in [0.5, 0.6) is 0 Å². The van der Waals surface area contributed by atoms with E-state index in [1.807, 2.05) is 17.9 Å². The van der Waals surface area contributed by atoms with E-state index in [1.165, 1.54) is 17.3 Å². The fourth-order valence-corrected chi connectivity index (χ4v) is 6.02. The smallest absolute Gasteiger partial charge is 0.262 e. The number of fused-ring (bicyclic) bond motifs is 1. The summed E-state index contributed by atoms with van der Waals surface area (Å²) in [5.41, 5.74) is 1.71. The Bertz CT molecular complexity index is 1270.